The first-order valence-electron chi connectivity index (χ1n) is 10.1. The third-order valence-electron chi connectivity index (χ3n) is 5.34. The molecule has 3 aromatic rings. The van der Waals surface area contributed by atoms with Gasteiger partial charge in [0, 0.05) is 24.7 Å². The SMILES string of the molecule is CC(C)c1ccc(N2CCC(n3nccc3NC(=O)c3ccccc3)CC2)nn1. The summed E-state index contributed by atoms with van der Waals surface area (Å²) >= 11 is 0. The molecule has 7 nitrogen and oxygen atoms in total. The molecule has 0 bridgehead atoms. The van der Waals surface area contributed by atoms with Crippen molar-refractivity contribution in [2.75, 3.05) is 23.3 Å². The van der Waals surface area contributed by atoms with Crippen LogP contribution >= 0.6 is 0 Å². The van der Waals surface area contributed by atoms with Crippen molar-refractivity contribution in [1.82, 2.24) is 20.0 Å². The lowest BCUT2D eigenvalue weighted by molar-refractivity contribution is 0.102. The van der Waals surface area contributed by atoms with E-state index in [1.54, 1.807) is 18.3 Å². The van der Waals surface area contributed by atoms with Crippen molar-refractivity contribution < 1.29 is 4.79 Å². The highest BCUT2D eigenvalue weighted by Crippen LogP contribution is 2.28. The minimum Gasteiger partial charge on any atom is -0.355 e. The Morgan fingerprint density at radius 2 is 1.79 bits per heavy atom. The Morgan fingerprint density at radius 1 is 1.03 bits per heavy atom. The van der Waals surface area contributed by atoms with Gasteiger partial charge in [0.1, 0.15) is 5.82 Å². The third kappa shape index (κ3) is 4.29. The molecular formula is C22H26N6O. The van der Waals surface area contributed by atoms with Crippen LogP contribution in [-0.4, -0.2) is 39.0 Å². The Bertz CT molecular complexity index is 943. The second kappa shape index (κ2) is 8.43. The summed E-state index contributed by atoms with van der Waals surface area (Å²) in [5.74, 6) is 1.92. The highest BCUT2D eigenvalue weighted by atomic mass is 16.1. The fourth-order valence-electron chi connectivity index (χ4n) is 3.63. The fraction of sp³-hybridized carbons (Fsp3) is 0.364. The summed E-state index contributed by atoms with van der Waals surface area (Å²) in [5.41, 5.74) is 1.65. The van der Waals surface area contributed by atoms with E-state index in [1.165, 1.54) is 0 Å². The van der Waals surface area contributed by atoms with Crippen molar-refractivity contribution >= 4 is 17.5 Å². The van der Waals surface area contributed by atoms with Gasteiger partial charge in [-0.1, -0.05) is 32.0 Å². The van der Waals surface area contributed by atoms with E-state index in [0.717, 1.165) is 43.3 Å². The van der Waals surface area contributed by atoms with Crippen LogP contribution in [0.5, 0.6) is 0 Å². The van der Waals surface area contributed by atoms with Gasteiger partial charge in [-0.3, -0.25) is 4.79 Å². The summed E-state index contributed by atoms with van der Waals surface area (Å²) in [4.78, 5) is 14.7. The van der Waals surface area contributed by atoms with Crippen molar-refractivity contribution in [3.05, 3.63) is 66.0 Å². The molecule has 0 spiro atoms. The van der Waals surface area contributed by atoms with Crippen LogP contribution in [0.3, 0.4) is 0 Å². The standard InChI is InChI=1S/C22H26N6O/c1-16(2)19-8-9-21(26-25-19)27-14-11-18(12-15-27)28-20(10-13-23-28)24-22(29)17-6-4-3-5-7-17/h3-10,13,16,18H,11-12,14-15H2,1-2H3,(H,24,29). The number of nitrogens with one attached hydrogen (secondary N) is 1. The molecule has 1 fully saturated rings. The normalized spacial score (nSPS) is 14.9. The van der Waals surface area contributed by atoms with Crippen molar-refractivity contribution in [2.24, 2.45) is 0 Å². The average molecular weight is 390 g/mol. The predicted molar refractivity (Wildman–Crippen MR) is 113 cm³/mol. The lowest BCUT2D eigenvalue weighted by Crippen LogP contribution is -2.36. The maximum atomic E-state index is 12.5. The molecule has 3 heterocycles. The molecule has 0 radical (unpaired) electrons. The number of carbonyl (C=O) groups excluding carboxylic acids is 1. The molecule has 29 heavy (non-hydrogen) atoms. The maximum absolute atomic E-state index is 12.5. The highest BCUT2D eigenvalue weighted by Gasteiger charge is 2.24. The topological polar surface area (TPSA) is 75.9 Å². The lowest BCUT2D eigenvalue weighted by Gasteiger charge is -2.33. The Morgan fingerprint density at radius 3 is 2.45 bits per heavy atom. The number of carbonyl (C=O) groups is 1. The summed E-state index contributed by atoms with van der Waals surface area (Å²) in [7, 11) is 0. The van der Waals surface area contributed by atoms with Gasteiger partial charge in [0.15, 0.2) is 5.82 Å². The highest BCUT2D eigenvalue weighted by molar-refractivity contribution is 6.03. The van der Waals surface area contributed by atoms with E-state index < -0.39 is 0 Å². The molecule has 2 aromatic heterocycles. The molecule has 1 aliphatic heterocycles. The first kappa shape index (κ1) is 19.1. The van der Waals surface area contributed by atoms with Crippen molar-refractivity contribution in [3.8, 4) is 0 Å². The molecule has 1 N–H and O–H groups in total. The molecule has 0 unspecified atom stereocenters. The van der Waals surface area contributed by atoms with E-state index >= 15 is 0 Å². The summed E-state index contributed by atoms with van der Waals surface area (Å²) < 4.78 is 1.94. The Labute approximate surface area is 170 Å². The Balaban J connectivity index is 1.39. The number of amides is 1. The Hall–Kier alpha value is -3.22. The number of aromatic nitrogens is 4. The van der Waals surface area contributed by atoms with Gasteiger partial charge >= 0.3 is 0 Å². The third-order valence-corrected chi connectivity index (χ3v) is 5.34. The van der Waals surface area contributed by atoms with Gasteiger partial charge < -0.3 is 10.2 Å². The second-order valence-corrected chi connectivity index (χ2v) is 7.67. The van der Waals surface area contributed by atoms with Gasteiger partial charge in [-0.25, -0.2) is 4.68 Å². The molecule has 1 aliphatic rings. The van der Waals surface area contributed by atoms with E-state index in [9.17, 15) is 4.79 Å². The van der Waals surface area contributed by atoms with Crippen LogP contribution in [0.25, 0.3) is 0 Å². The summed E-state index contributed by atoms with van der Waals surface area (Å²) in [6.45, 7) is 6.00. The fourth-order valence-corrected chi connectivity index (χ4v) is 3.63. The van der Waals surface area contributed by atoms with E-state index in [0.29, 0.717) is 11.5 Å². The predicted octanol–water partition coefficient (Wildman–Crippen LogP) is 3.89. The van der Waals surface area contributed by atoms with Crippen LogP contribution in [0.1, 0.15) is 54.7 Å². The molecule has 1 amide bonds. The quantitative estimate of drug-likeness (QED) is 0.715. The van der Waals surface area contributed by atoms with E-state index in [4.69, 9.17) is 0 Å². The van der Waals surface area contributed by atoms with E-state index in [2.05, 4.69) is 51.5 Å². The molecule has 0 saturated carbocycles. The number of hydrogen-bond acceptors (Lipinski definition) is 5. The van der Waals surface area contributed by atoms with Gasteiger partial charge in [0.25, 0.3) is 5.91 Å². The van der Waals surface area contributed by atoms with Crippen molar-refractivity contribution in [3.63, 3.8) is 0 Å². The molecule has 4 rings (SSSR count). The van der Waals surface area contributed by atoms with Gasteiger partial charge in [0.05, 0.1) is 17.9 Å². The van der Waals surface area contributed by atoms with Crippen LogP contribution in [0, 0.1) is 0 Å². The number of rotatable bonds is 5. The van der Waals surface area contributed by atoms with E-state index in [-0.39, 0.29) is 11.9 Å². The first-order valence-corrected chi connectivity index (χ1v) is 10.1. The number of hydrogen-bond donors (Lipinski definition) is 1. The largest absolute Gasteiger partial charge is 0.355 e. The molecule has 150 valence electrons. The molecule has 1 aromatic carbocycles. The van der Waals surface area contributed by atoms with Crippen LogP contribution in [-0.2, 0) is 0 Å². The van der Waals surface area contributed by atoms with Gasteiger partial charge in [-0.2, -0.15) is 10.2 Å². The van der Waals surface area contributed by atoms with Crippen LogP contribution in [0.4, 0.5) is 11.6 Å². The zero-order chi connectivity index (χ0) is 20.2. The first-order chi connectivity index (χ1) is 14.1. The smallest absolute Gasteiger partial charge is 0.256 e. The minimum absolute atomic E-state index is 0.120. The maximum Gasteiger partial charge on any atom is 0.256 e. The molecule has 1 saturated heterocycles. The zero-order valence-corrected chi connectivity index (χ0v) is 16.8. The molecule has 0 aliphatic carbocycles. The van der Waals surface area contributed by atoms with E-state index in [1.807, 2.05) is 28.9 Å². The summed E-state index contributed by atoms with van der Waals surface area (Å²) in [6.07, 6.45) is 3.61. The molecular weight excluding hydrogens is 364 g/mol. The van der Waals surface area contributed by atoms with Crippen molar-refractivity contribution in [1.29, 1.82) is 0 Å². The minimum atomic E-state index is -0.120. The second-order valence-electron chi connectivity index (χ2n) is 7.67. The van der Waals surface area contributed by atoms with Crippen LogP contribution in [0.2, 0.25) is 0 Å². The van der Waals surface area contributed by atoms with Crippen LogP contribution in [0.15, 0.2) is 54.7 Å². The summed E-state index contributed by atoms with van der Waals surface area (Å²) in [6, 6.07) is 15.4. The number of anilines is 2. The van der Waals surface area contributed by atoms with Gasteiger partial charge in [0.2, 0.25) is 0 Å². The van der Waals surface area contributed by atoms with Gasteiger partial charge in [-0.15, -0.1) is 5.10 Å². The molecule has 7 heteroatoms. The number of piperidine rings is 1. The van der Waals surface area contributed by atoms with Crippen LogP contribution < -0.4 is 10.2 Å². The van der Waals surface area contributed by atoms with Crippen molar-refractivity contribution in [2.45, 2.75) is 38.6 Å². The zero-order valence-electron chi connectivity index (χ0n) is 16.8. The summed E-state index contributed by atoms with van der Waals surface area (Å²) in [5, 5.41) is 16.2. The van der Waals surface area contributed by atoms with Gasteiger partial charge in [-0.05, 0) is 43.0 Å². The average Bonchev–Trinajstić information content (AvgIpc) is 3.22. The lowest BCUT2D eigenvalue weighted by atomic mass is 10.1. The Kier molecular flexibility index (Phi) is 5.55. The monoisotopic (exact) mass is 390 g/mol. The molecule has 0 atom stereocenters. The number of benzene rings is 1. The number of nitrogens with zero attached hydrogens (tertiary/aromatic N) is 5.